The average Bonchev–Trinajstić information content (AvgIpc) is 3.18. The number of nitrogens with one attached hydrogen (secondary N) is 1. The highest BCUT2D eigenvalue weighted by Gasteiger charge is 2.49. The van der Waals surface area contributed by atoms with Crippen LogP contribution < -0.4 is 5.32 Å². The summed E-state index contributed by atoms with van der Waals surface area (Å²) < 4.78 is 0. The maximum Gasteiger partial charge on any atom is 0.107 e. The minimum absolute atomic E-state index is 0.422. The lowest BCUT2D eigenvalue weighted by molar-refractivity contribution is 0.00271. The van der Waals surface area contributed by atoms with Gasteiger partial charge in [0, 0.05) is 35.7 Å². The molecule has 2 saturated carbocycles. The van der Waals surface area contributed by atoms with Gasteiger partial charge < -0.3 is 5.32 Å². The van der Waals surface area contributed by atoms with E-state index in [9.17, 15) is 0 Å². The van der Waals surface area contributed by atoms with Crippen molar-refractivity contribution in [2.75, 3.05) is 13.1 Å². The van der Waals surface area contributed by atoms with E-state index < -0.39 is 0 Å². The molecular weight excluding hydrogens is 266 g/mol. The largest absolute Gasteiger partial charge is 0.308 e. The van der Waals surface area contributed by atoms with Crippen molar-refractivity contribution in [1.82, 2.24) is 15.2 Å². The predicted molar refractivity (Wildman–Crippen MR) is 82.9 cm³/mol. The number of aromatic nitrogens is 1. The first-order valence-electron chi connectivity index (χ1n) is 8.19. The van der Waals surface area contributed by atoms with E-state index in [1.807, 2.05) is 17.5 Å². The molecule has 1 saturated heterocycles. The Hall–Kier alpha value is -0.450. The van der Waals surface area contributed by atoms with Gasteiger partial charge in [0.2, 0.25) is 0 Å². The number of rotatable bonds is 2. The molecule has 3 nitrogen and oxygen atoms in total. The molecule has 110 valence electrons. The van der Waals surface area contributed by atoms with Gasteiger partial charge in [-0.05, 0) is 25.7 Å². The fraction of sp³-hybridized carbons (Fsp3) is 0.812. The molecular formula is C16H25N3S. The fourth-order valence-corrected chi connectivity index (χ4v) is 5.31. The molecule has 1 N–H and O–H groups in total. The lowest BCUT2D eigenvalue weighted by Crippen LogP contribution is -2.68. The molecule has 4 heteroatoms. The summed E-state index contributed by atoms with van der Waals surface area (Å²) in [5.41, 5.74) is 0.852. The Kier molecular flexibility index (Phi) is 3.36. The fourth-order valence-electron chi connectivity index (χ4n) is 4.68. The summed E-state index contributed by atoms with van der Waals surface area (Å²) in [6.07, 6.45) is 13.1. The maximum absolute atomic E-state index is 4.54. The van der Waals surface area contributed by atoms with Crippen LogP contribution in [0.25, 0.3) is 0 Å². The molecule has 0 atom stereocenters. The number of hydrogen-bond acceptors (Lipinski definition) is 4. The van der Waals surface area contributed by atoms with Gasteiger partial charge in [0.05, 0.1) is 6.54 Å². The standard InChI is InChI=1S/C16H25N3S/c1-2-6-15(5-1)13-19(11-14-17-9-10-20-14)16(12-18-15)7-3-4-8-16/h9-10,18H,1-8,11-13H2. The molecule has 0 amide bonds. The molecule has 0 aromatic carbocycles. The molecule has 2 aliphatic carbocycles. The average molecular weight is 291 g/mol. The van der Waals surface area contributed by atoms with Crippen molar-refractivity contribution >= 4 is 11.3 Å². The van der Waals surface area contributed by atoms with Crippen LogP contribution in [-0.2, 0) is 6.54 Å². The van der Waals surface area contributed by atoms with Gasteiger partial charge in [-0.3, -0.25) is 4.90 Å². The smallest absolute Gasteiger partial charge is 0.107 e. The molecule has 4 rings (SSSR count). The summed E-state index contributed by atoms with van der Waals surface area (Å²) in [6.45, 7) is 3.52. The molecule has 2 heterocycles. The van der Waals surface area contributed by atoms with E-state index in [4.69, 9.17) is 0 Å². The molecule has 1 aromatic rings. The monoisotopic (exact) mass is 291 g/mol. The van der Waals surface area contributed by atoms with Crippen LogP contribution in [0.5, 0.6) is 0 Å². The lowest BCUT2D eigenvalue weighted by Gasteiger charge is -2.52. The van der Waals surface area contributed by atoms with E-state index in [1.54, 1.807) is 0 Å². The van der Waals surface area contributed by atoms with Crippen LogP contribution in [-0.4, -0.2) is 34.1 Å². The molecule has 0 unspecified atom stereocenters. The molecule has 0 radical (unpaired) electrons. The number of piperazine rings is 1. The molecule has 3 aliphatic rings. The van der Waals surface area contributed by atoms with Crippen molar-refractivity contribution < 1.29 is 0 Å². The zero-order chi connectivity index (χ0) is 13.5. The van der Waals surface area contributed by atoms with Crippen LogP contribution >= 0.6 is 11.3 Å². The number of nitrogens with zero attached hydrogens (tertiary/aromatic N) is 2. The second-order valence-corrected chi connectivity index (χ2v) is 8.03. The third kappa shape index (κ3) is 2.22. The topological polar surface area (TPSA) is 28.2 Å². The van der Waals surface area contributed by atoms with Crippen LogP contribution in [0.15, 0.2) is 11.6 Å². The van der Waals surface area contributed by atoms with Crippen molar-refractivity contribution in [1.29, 1.82) is 0 Å². The van der Waals surface area contributed by atoms with Gasteiger partial charge in [0.1, 0.15) is 5.01 Å². The minimum atomic E-state index is 0.422. The highest BCUT2D eigenvalue weighted by molar-refractivity contribution is 7.09. The Morgan fingerprint density at radius 3 is 2.60 bits per heavy atom. The first-order valence-corrected chi connectivity index (χ1v) is 9.07. The Balaban J connectivity index is 1.58. The van der Waals surface area contributed by atoms with Gasteiger partial charge in [-0.2, -0.15) is 0 Å². The van der Waals surface area contributed by atoms with E-state index >= 15 is 0 Å². The van der Waals surface area contributed by atoms with E-state index in [-0.39, 0.29) is 0 Å². The number of hydrogen-bond donors (Lipinski definition) is 1. The Morgan fingerprint density at radius 2 is 1.90 bits per heavy atom. The van der Waals surface area contributed by atoms with Crippen LogP contribution in [0, 0.1) is 0 Å². The van der Waals surface area contributed by atoms with Gasteiger partial charge in [-0.1, -0.05) is 25.7 Å². The first kappa shape index (κ1) is 13.2. The molecule has 20 heavy (non-hydrogen) atoms. The third-order valence-electron chi connectivity index (χ3n) is 5.86. The molecule has 1 aromatic heterocycles. The minimum Gasteiger partial charge on any atom is -0.308 e. The predicted octanol–water partition coefficient (Wildman–Crippen LogP) is 3.17. The normalized spacial score (nSPS) is 28.6. The lowest BCUT2D eigenvalue weighted by atomic mass is 9.84. The van der Waals surface area contributed by atoms with Crippen LogP contribution in [0.1, 0.15) is 56.4 Å². The van der Waals surface area contributed by atoms with E-state index in [0.717, 1.165) is 6.54 Å². The van der Waals surface area contributed by atoms with Crippen molar-refractivity contribution in [2.24, 2.45) is 0 Å². The first-order chi connectivity index (χ1) is 9.80. The summed E-state index contributed by atoms with van der Waals surface area (Å²) in [6, 6.07) is 0. The van der Waals surface area contributed by atoms with Gasteiger partial charge in [-0.25, -0.2) is 4.98 Å². The molecule has 2 spiro atoms. The highest BCUT2D eigenvalue weighted by atomic mass is 32.1. The second-order valence-electron chi connectivity index (χ2n) is 7.05. The second kappa shape index (κ2) is 5.08. The zero-order valence-electron chi connectivity index (χ0n) is 12.2. The summed E-state index contributed by atoms with van der Waals surface area (Å²) in [4.78, 5) is 7.34. The van der Waals surface area contributed by atoms with Crippen molar-refractivity contribution in [3.8, 4) is 0 Å². The third-order valence-corrected chi connectivity index (χ3v) is 6.63. The Bertz CT molecular complexity index is 444. The molecule has 3 fully saturated rings. The van der Waals surface area contributed by atoms with Gasteiger partial charge in [0.25, 0.3) is 0 Å². The maximum atomic E-state index is 4.54. The van der Waals surface area contributed by atoms with Gasteiger partial charge in [0.15, 0.2) is 0 Å². The van der Waals surface area contributed by atoms with E-state index in [2.05, 4.69) is 20.6 Å². The SMILES string of the molecule is c1csc(CN2CC3(CCCC3)NCC23CCCC3)n1. The zero-order valence-corrected chi connectivity index (χ0v) is 13.1. The Morgan fingerprint density at radius 1 is 1.15 bits per heavy atom. The van der Waals surface area contributed by atoms with Gasteiger partial charge >= 0.3 is 0 Å². The van der Waals surface area contributed by atoms with Crippen molar-refractivity contribution in [3.05, 3.63) is 16.6 Å². The Labute approximate surface area is 125 Å². The van der Waals surface area contributed by atoms with E-state index in [0.29, 0.717) is 11.1 Å². The number of thiazole rings is 1. The van der Waals surface area contributed by atoms with Crippen LogP contribution in [0.4, 0.5) is 0 Å². The summed E-state index contributed by atoms with van der Waals surface area (Å²) in [5.74, 6) is 0. The van der Waals surface area contributed by atoms with Crippen LogP contribution in [0.3, 0.4) is 0 Å². The summed E-state index contributed by atoms with van der Waals surface area (Å²) in [5, 5.41) is 7.39. The molecule has 1 aliphatic heterocycles. The van der Waals surface area contributed by atoms with Crippen molar-refractivity contribution in [2.45, 2.75) is 69.0 Å². The molecule has 0 bridgehead atoms. The van der Waals surface area contributed by atoms with Gasteiger partial charge in [-0.15, -0.1) is 11.3 Å². The summed E-state index contributed by atoms with van der Waals surface area (Å²) in [7, 11) is 0. The van der Waals surface area contributed by atoms with Crippen LogP contribution in [0.2, 0.25) is 0 Å². The van der Waals surface area contributed by atoms with Crippen molar-refractivity contribution in [3.63, 3.8) is 0 Å². The quantitative estimate of drug-likeness (QED) is 0.907. The highest BCUT2D eigenvalue weighted by Crippen LogP contribution is 2.43. The van der Waals surface area contributed by atoms with E-state index in [1.165, 1.54) is 69.5 Å². The summed E-state index contributed by atoms with van der Waals surface area (Å²) >= 11 is 1.82.